The minimum atomic E-state index is -0.0280. The molecule has 5 aromatic rings. The lowest BCUT2D eigenvalue weighted by atomic mass is 9.98. The molecule has 0 fully saturated rings. The molecule has 0 saturated carbocycles. The van der Waals surface area contributed by atoms with Gasteiger partial charge in [0.05, 0.1) is 23.0 Å². The molecule has 6 rings (SSSR count). The molecule has 1 aliphatic rings. The molecule has 0 saturated heterocycles. The number of aromatic nitrogens is 2. The molecule has 0 bridgehead atoms. The first-order chi connectivity index (χ1) is 18.1. The summed E-state index contributed by atoms with van der Waals surface area (Å²) in [7, 11) is 4.10. The first kappa shape index (κ1) is 23.2. The second-order valence-electron chi connectivity index (χ2n) is 9.36. The highest BCUT2D eigenvalue weighted by molar-refractivity contribution is 6.31. The van der Waals surface area contributed by atoms with Gasteiger partial charge in [0.2, 0.25) is 5.95 Å². The highest BCUT2D eigenvalue weighted by atomic mass is 35.5. The van der Waals surface area contributed by atoms with Gasteiger partial charge < -0.3 is 4.90 Å². The fourth-order valence-electron chi connectivity index (χ4n) is 4.76. The van der Waals surface area contributed by atoms with Crippen molar-refractivity contribution in [3.05, 3.63) is 119 Å². The summed E-state index contributed by atoms with van der Waals surface area (Å²) in [5.41, 5.74) is 7.13. The topological polar surface area (TPSA) is 44.6 Å². The Morgan fingerprint density at radius 2 is 1.46 bits per heavy atom. The van der Waals surface area contributed by atoms with Crippen molar-refractivity contribution in [2.75, 3.05) is 24.0 Å². The van der Waals surface area contributed by atoms with Crippen molar-refractivity contribution in [3.63, 3.8) is 0 Å². The van der Waals surface area contributed by atoms with E-state index in [0.29, 0.717) is 11.0 Å². The first-order valence-corrected chi connectivity index (χ1v) is 12.7. The number of nitrogens with zero attached hydrogens (tertiary/aromatic N) is 5. The maximum Gasteiger partial charge on any atom is 0.247 e. The number of hydrazone groups is 1. The maximum atomic E-state index is 6.38. The highest BCUT2D eigenvalue weighted by Gasteiger charge is 2.32. The fraction of sp³-hybridized carbons (Fsp3) is 0.129. The van der Waals surface area contributed by atoms with Crippen molar-refractivity contribution in [1.82, 2.24) is 9.97 Å². The van der Waals surface area contributed by atoms with E-state index in [1.807, 2.05) is 73.7 Å². The van der Waals surface area contributed by atoms with Gasteiger partial charge in [-0.15, -0.1) is 0 Å². The molecule has 1 aromatic heterocycles. The van der Waals surface area contributed by atoms with Crippen LogP contribution < -0.4 is 9.91 Å². The van der Waals surface area contributed by atoms with E-state index in [9.17, 15) is 0 Å². The van der Waals surface area contributed by atoms with Gasteiger partial charge in [0.15, 0.2) is 0 Å². The minimum absolute atomic E-state index is 0.0280. The number of anilines is 2. The molecule has 182 valence electrons. The van der Waals surface area contributed by atoms with Crippen LogP contribution in [0.15, 0.2) is 108 Å². The molecule has 0 radical (unpaired) electrons. The lowest BCUT2D eigenvalue weighted by molar-refractivity contribution is 0.689. The molecule has 1 atom stereocenters. The van der Waals surface area contributed by atoms with Gasteiger partial charge in [0, 0.05) is 42.2 Å². The summed E-state index contributed by atoms with van der Waals surface area (Å²) in [5.74, 6) is 0.571. The molecule has 4 aromatic carbocycles. The van der Waals surface area contributed by atoms with Gasteiger partial charge in [0.25, 0.3) is 0 Å². The number of benzene rings is 4. The van der Waals surface area contributed by atoms with E-state index in [2.05, 4.69) is 53.4 Å². The van der Waals surface area contributed by atoms with Crippen LogP contribution in [0.5, 0.6) is 0 Å². The van der Waals surface area contributed by atoms with Gasteiger partial charge >= 0.3 is 0 Å². The average Bonchev–Trinajstić information content (AvgIpc) is 3.39. The summed E-state index contributed by atoms with van der Waals surface area (Å²) in [4.78, 5) is 12.2. The Balaban J connectivity index is 1.51. The monoisotopic (exact) mass is 503 g/mol. The predicted molar refractivity (Wildman–Crippen MR) is 154 cm³/mol. The zero-order chi connectivity index (χ0) is 25.4. The summed E-state index contributed by atoms with van der Waals surface area (Å²) in [6, 6.07) is 34.9. The van der Waals surface area contributed by atoms with E-state index in [1.165, 1.54) is 5.56 Å². The van der Waals surface area contributed by atoms with Crippen LogP contribution in [0.2, 0.25) is 5.02 Å². The number of hydrogen-bond acceptors (Lipinski definition) is 5. The van der Waals surface area contributed by atoms with E-state index in [-0.39, 0.29) is 6.04 Å². The van der Waals surface area contributed by atoms with Crippen molar-refractivity contribution in [2.45, 2.75) is 12.5 Å². The van der Waals surface area contributed by atoms with Gasteiger partial charge in [-0.3, -0.25) is 0 Å². The van der Waals surface area contributed by atoms with E-state index in [0.717, 1.165) is 45.5 Å². The van der Waals surface area contributed by atoms with Crippen LogP contribution in [0.3, 0.4) is 0 Å². The van der Waals surface area contributed by atoms with Crippen molar-refractivity contribution < 1.29 is 0 Å². The van der Waals surface area contributed by atoms with E-state index >= 15 is 0 Å². The summed E-state index contributed by atoms with van der Waals surface area (Å²) in [5, 5.41) is 8.65. The van der Waals surface area contributed by atoms with Gasteiger partial charge in [-0.1, -0.05) is 84.4 Å². The molecule has 5 nitrogen and oxygen atoms in total. The zero-order valence-electron chi connectivity index (χ0n) is 20.7. The van der Waals surface area contributed by atoms with Crippen molar-refractivity contribution in [2.24, 2.45) is 5.10 Å². The number of rotatable bonds is 5. The van der Waals surface area contributed by atoms with Crippen molar-refractivity contribution in [1.29, 1.82) is 0 Å². The van der Waals surface area contributed by atoms with Crippen LogP contribution in [0.1, 0.15) is 23.6 Å². The normalized spacial score (nSPS) is 15.2. The Morgan fingerprint density at radius 1 is 0.784 bits per heavy atom. The Bertz CT molecular complexity index is 1580. The van der Waals surface area contributed by atoms with Crippen LogP contribution in [-0.4, -0.2) is 29.8 Å². The first-order valence-electron chi connectivity index (χ1n) is 12.3. The third kappa shape index (κ3) is 4.54. The zero-order valence-corrected chi connectivity index (χ0v) is 21.5. The standard InChI is InChI=1S/C31H26ClN5/c1-36(2)25-16-13-22(14-17-25)29-20-28(21-9-5-3-6-10-21)35-37(29)31-33-27-18-15-24(32)19-26(27)30(34-31)23-11-7-4-8-12-23/h3-19,29H,20H2,1-2H3/t29-/m1/s1. The summed E-state index contributed by atoms with van der Waals surface area (Å²) in [6.45, 7) is 0. The number of halogens is 1. The minimum Gasteiger partial charge on any atom is -0.378 e. The summed E-state index contributed by atoms with van der Waals surface area (Å²) < 4.78 is 0. The van der Waals surface area contributed by atoms with E-state index in [4.69, 9.17) is 26.7 Å². The Hall–Kier alpha value is -4.22. The summed E-state index contributed by atoms with van der Waals surface area (Å²) >= 11 is 6.38. The van der Waals surface area contributed by atoms with Crippen LogP contribution in [0.4, 0.5) is 11.6 Å². The van der Waals surface area contributed by atoms with Crippen molar-refractivity contribution in [3.8, 4) is 11.3 Å². The Morgan fingerprint density at radius 3 is 2.14 bits per heavy atom. The molecule has 0 spiro atoms. The number of hydrogen-bond donors (Lipinski definition) is 0. The molecule has 6 heteroatoms. The maximum absolute atomic E-state index is 6.38. The molecule has 0 amide bonds. The van der Waals surface area contributed by atoms with Gasteiger partial charge in [-0.25, -0.2) is 15.0 Å². The Kier molecular flexibility index (Phi) is 6.07. The van der Waals surface area contributed by atoms with Gasteiger partial charge in [0.1, 0.15) is 0 Å². The molecule has 0 unspecified atom stereocenters. The molecule has 2 heterocycles. The molecule has 0 aliphatic carbocycles. The van der Waals surface area contributed by atoms with E-state index < -0.39 is 0 Å². The van der Waals surface area contributed by atoms with Gasteiger partial charge in [-0.2, -0.15) is 5.10 Å². The fourth-order valence-corrected chi connectivity index (χ4v) is 4.93. The van der Waals surface area contributed by atoms with E-state index in [1.54, 1.807) is 0 Å². The second-order valence-corrected chi connectivity index (χ2v) is 9.80. The number of fused-ring (bicyclic) bond motifs is 1. The van der Waals surface area contributed by atoms with Crippen molar-refractivity contribution >= 4 is 39.9 Å². The quantitative estimate of drug-likeness (QED) is 0.251. The largest absolute Gasteiger partial charge is 0.378 e. The van der Waals surface area contributed by atoms with Gasteiger partial charge in [-0.05, 0) is 41.5 Å². The third-order valence-corrected chi connectivity index (χ3v) is 6.94. The van der Waals surface area contributed by atoms with Crippen LogP contribution in [0.25, 0.3) is 22.2 Å². The lowest BCUT2D eigenvalue weighted by Crippen LogP contribution is -2.21. The molecular formula is C31H26ClN5. The SMILES string of the molecule is CN(C)c1ccc([C@H]2CC(c3ccccc3)=NN2c2nc(-c3ccccc3)c3cc(Cl)ccc3n2)cc1. The third-order valence-electron chi connectivity index (χ3n) is 6.71. The smallest absolute Gasteiger partial charge is 0.247 e. The molecule has 0 N–H and O–H groups in total. The average molecular weight is 504 g/mol. The molecular weight excluding hydrogens is 478 g/mol. The Labute approximate surface area is 221 Å². The lowest BCUT2D eigenvalue weighted by Gasteiger charge is -2.23. The molecule has 1 aliphatic heterocycles. The summed E-state index contributed by atoms with van der Waals surface area (Å²) in [6.07, 6.45) is 0.758. The predicted octanol–water partition coefficient (Wildman–Crippen LogP) is 7.37. The van der Waals surface area contributed by atoms with Crippen LogP contribution in [0, 0.1) is 0 Å². The highest BCUT2D eigenvalue weighted by Crippen LogP contribution is 2.38. The van der Waals surface area contributed by atoms with Crippen LogP contribution in [-0.2, 0) is 0 Å². The second kappa shape index (κ2) is 9.68. The molecule has 37 heavy (non-hydrogen) atoms. The van der Waals surface area contributed by atoms with Crippen LogP contribution >= 0.6 is 11.6 Å².